The van der Waals surface area contributed by atoms with Crippen LogP contribution in [0.4, 0.5) is 10.2 Å². The van der Waals surface area contributed by atoms with Crippen molar-refractivity contribution in [3.05, 3.63) is 53.7 Å². The van der Waals surface area contributed by atoms with Crippen molar-refractivity contribution in [2.45, 2.75) is 32.7 Å². The van der Waals surface area contributed by atoms with Crippen LogP contribution in [-0.2, 0) is 6.54 Å². The highest BCUT2D eigenvalue weighted by atomic mass is 19.1. The van der Waals surface area contributed by atoms with Gasteiger partial charge in [-0.2, -0.15) is 0 Å². The predicted octanol–water partition coefficient (Wildman–Crippen LogP) is 3.15. The van der Waals surface area contributed by atoms with Crippen molar-refractivity contribution in [3.63, 3.8) is 0 Å². The summed E-state index contributed by atoms with van der Waals surface area (Å²) in [6, 6.07) is 6.23. The molecule has 0 aliphatic heterocycles. The second kappa shape index (κ2) is 8.82. The summed E-state index contributed by atoms with van der Waals surface area (Å²) in [6.45, 7) is 3.28. The minimum atomic E-state index is -0.261. The lowest BCUT2D eigenvalue weighted by atomic mass is 10.2. The first kappa shape index (κ1) is 16.9. The Morgan fingerprint density at radius 2 is 1.91 bits per heavy atom. The van der Waals surface area contributed by atoms with Crippen LogP contribution in [0.2, 0.25) is 0 Å². The second-order valence-electron chi connectivity index (χ2n) is 5.23. The number of carbonyl (C=O) groups excluding carboxylic acids is 1. The molecule has 1 amide bonds. The summed E-state index contributed by atoms with van der Waals surface area (Å²) in [5.74, 6) is 0.0957. The Morgan fingerprint density at radius 3 is 2.57 bits per heavy atom. The molecule has 5 nitrogen and oxygen atoms in total. The van der Waals surface area contributed by atoms with E-state index in [2.05, 4.69) is 27.5 Å². The van der Waals surface area contributed by atoms with Crippen LogP contribution < -0.4 is 10.6 Å². The summed E-state index contributed by atoms with van der Waals surface area (Å²) in [4.78, 5) is 20.1. The van der Waals surface area contributed by atoms with Gasteiger partial charge in [-0.3, -0.25) is 4.79 Å². The highest BCUT2D eigenvalue weighted by Crippen LogP contribution is 2.07. The third-order valence-corrected chi connectivity index (χ3v) is 3.34. The number of hydrogen-bond donors (Lipinski definition) is 2. The number of anilines is 1. The van der Waals surface area contributed by atoms with Gasteiger partial charge >= 0.3 is 0 Å². The smallest absolute Gasteiger partial charge is 0.271 e. The Morgan fingerprint density at radius 1 is 1.13 bits per heavy atom. The molecule has 2 rings (SSSR count). The molecule has 2 aromatic rings. The number of benzene rings is 1. The molecule has 1 aromatic heterocycles. The number of halogens is 1. The Balaban J connectivity index is 1.81. The van der Waals surface area contributed by atoms with Crippen molar-refractivity contribution in [3.8, 4) is 0 Å². The van der Waals surface area contributed by atoms with E-state index >= 15 is 0 Å². The van der Waals surface area contributed by atoms with Crippen LogP contribution in [-0.4, -0.2) is 22.4 Å². The van der Waals surface area contributed by atoms with E-state index in [0.717, 1.165) is 24.8 Å². The minimum Gasteiger partial charge on any atom is -0.365 e. The average molecular weight is 316 g/mol. The molecule has 23 heavy (non-hydrogen) atoms. The number of unbranched alkanes of at least 4 members (excludes halogenated alkanes) is 2. The van der Waals surface area contributed by atoms with Crippen LogP contribution in [0, 0.1) is 5.82 Å². The van der Waals surface area contributed by atoms with Gasteiger partial charge < -0.3 is 10.6 Å². The van der Waals surface area contributed by atoms with Gasteiger partial charge in [0.1, 0.15) is 17.3 Å². The Kier molecular flexibility index (Phi) is 6.47. The summed E-state index contributed by atoms with van der Waals surface area (Å²) in [5.41, 5.74) is 1.24. The van der Waals surface area contributed by atoms with Crippen molar-refractivity contribution in [2.75, 3.05) is 11.9 Å². The third-order valence-electron chi connectivity index (χ3n) is 3.34. The molecular weight excluding hydrogens is 295 g/mol. The van der Waals surface area contributed by atoms with Gasteiger partial charge in [0, 0.05) is 13.1 Å². The predicted molar refractivity (Wildman–Crippen MR) is 87.6 cm³/mol. The maximum atomic E-state index is 12.8. The summed E-state index contributed by atoms with van der Waals surface area (Å²) >= 11 is 0. The fourth-order valence-corrected chi connectivity index (χ4v) is 2.00. The van der Waals surface area contributed by atoms with E-state index in [9.17, 15) is 9.18 Å². The highest BCUT2D eigenvalue weighted by molar-refractivity contribution is 5.91. The number of rotatable bonds is 8. The van der Waals surface area contributed by atoms with Crippen molar-refractivity contribution in [1.29, 1.82) is 0 Å². The fraction of sp³-hybridized carbons (Fsp3) is 0.353. The molecule has 1 aromatic carbocycles. The zero-order chi connectivity index (χ0) is 16.5. The van der Waals surface area contributed by atoms with Gasteiger partial charge in [0.25, 0.3) is 5.91 Å². The quantitative estimate of drug-likeness (QED) is 0.734. The molecule has 0 unspecified atom stereocenters. The van der Waals surface area contributed by atoms with Crippen LogP contribution in [0.25, 0.3) is 0 Å². The van der Waals surface area contributed by atoms with E-state index < -0.39 is 0 Å². The molecular formula is C17H21FN4O. The first-order valence-electron chi connectivity index (χ1n) is 7.77. The van der Waals surface area contributed by atoms with Crippen LogP contribution >= 0.6 is 0 Å². The van der Waals surface area contributed by atoms with E-state index in [-0.39, 0.29) is 11.7 Å². The van der Waals surface area contributed by atoms with E-state index in [1.807, 2.05) is 0 Å². The molecule has 6 heteroatoms. The number of aromatic nitrogens is 2. The van der Waals surface area contributed by atoms with Crippen molar-refractivity contribution in [2.24, 2.45) is 0 Å². The van der Waals surface area contributed by atoms with Crippen molar-refractivity contribution < 1.29 is 9.18 Å². The van der Waals surface area contributed by atoms with Gasteiger partial charge in [-0.25, -0.2) is 14.4 Å². The van der Waals surface area contributed by atoms with Gasteiger partial charge in [0.15, 0.2) is 0 Å². The monoisotopic (exact) mass is 316 g/mol. The molecule has 0 aliphatic carbocycles. The molecule has 0 saturated heterocycles. The van der Waals surface area contributed by atoms with E-state index in [1.54, 1.807) is 12.1 Å². The van der Waals surface area contributed by atoms with Crippen molar-refractivity contribution in [1.82, 2.24) is 15.3 Å². The zero-order valence-corrected chi connectivity index (χ0v) is 13.2. The normalized spacial score (nSPS) is 10.3. The summed E-state index contributed by atoms with van der Waals surface area (Å²) in [6.07, 6.45) is 6.14. The molecule has 2 N–H and O–H groups in total. The second-order valence-corrected chi connectivity index (χ2v) is 5.23. The Bertz CT molecular complexity index is 613. The van der Waals surface area contributed by atoms with E-state index in [1.165, 1.54) is 24.5 Å². The molecule has 0 radical (unpaired) electrons. The molecule has 122 valence electrons. The van der Waals surface area contributed by atoms with Crippen LogP contribution in [0.15, 0.2) is 36.7 Å². The number of amides is 1. The van der Waals surface area contributed by atoms with Gasteiger partial charge in [-0.15, -0.1) is 0 Å². The maximum absolute atomic E-state index is 12.8. The number of hydrogen-bond acceptors (Lipinski definition) is 4. The summed E-state index contributed by atoms with van der Waals surface area (Å²) in [5, 5.41) is 5.90. The van der Waals surface area contributed by atoms with Crippen LogP contribution in [0.5, 0.6) is 0 Å². The molecule has 0 bridgehead atoms. The minimum absolute atomic E-state index is 0.210. The molecule has 0 spiro atoms. The van der Waals surface area contributed by atoms with Gasteiger partial charge in [0.05, 0.1) is 12.4 Å². The molecule has 0 saturated carbocycles. The zero-order valence-electron chi connectivity index (χ0n) is 13.2. The number of nitrogens with one attached hydrogen (secondary N) is 2. The summed E-state index contributed by atoms with van der Waals surface area (Å²) in [7, 11) is 0. The molecule has 0 aliphatic rings. The molecule has 0 atom stereocenters. The lowest BCUT2D eigenvalue weighted by Crippen LogP contribution is -2.25. The van der Waals surface area contributed by atoms with Crippen LogP contribution in [0.3, 0.4) is 0 Å². The maximum Gasteiger partial charge on any atom is 0.271 e. The van der Waals surface area contributed by atoms with Crippen molar-refractivity contribution >= 4 is 11.7 Å². The van der Waals surface area contributed by atoms with Gasteiger partial charge in [0.2, 0.25) is 0 Å². The Hall–Kier alpha value is -2.50. The Labute approximate surface area is 135 Å². The third kappa shape index (κ3) is 5.65. The summed E-state index contributed by atoms with van der Waals surface area (Å²) < 4.78 is 12.8. The average Bonchev–Trinajstić information content (AvgIpc) is 2.58. The standard InChI is InChI=1S/C17H21FN4O/c1-2-3-4-9-19-17(23)15-11-22-16(12-20-15)21-10-13-5-7-14(18)8-6-13/h5-8,11-12H,2-4,9-10H2,1H3,(H,19,23)(H,21,22). The first-order valence-corrected chi connectivity index (χ1v) is 7.77. The lowest BCUT2D eigenvalue weighted by molar-refractivity contribution is 0.0947. The van der Waals surface area contributed by atoms with E-state index in [0.29, 0.717) is 24.6 Å². The van der Waals surface area contributed by atoms with Crippen LogP contribution in [0.1, 0.15) is 42.2 Å². The molecule has 1 heterocycles. The first-order chi connectivity index (χ1) is 11.2. The van der Waals surface area contributed by atoms with E-state index in [4.69, 9.17) is 0 Å². The SMILES string of the molecule is CCCCCNC(=O)c1cnc(NCc2ccc(F)cc2)cn1. The molecule has 0 fully saturated rings. The number of nitrogens with zero attached hydrogens (tertiary/aromatic N) is 2. The van der Waals surface area contributed by atoms with Gasteiger partial charge in [-0.1, -0.05) is 31.9 Å². The largest absolute Gasteiger partial charge is 0.365 e. The topological polar surface area (TPSA) is 66.9 Å². The van der Waals surface area contributed by atoms with Gasteiger partial charge in [-0.05, 0) is 24.1 Å². The number of carbonyl (C=O) groups is 1. The fourth-order valence-electron chi connectivity index (χ4n) is 2.00. The highest BCUT2D eigenvalue weighted by Gasteiger charge is 2.07. The lowest BCUT2D eigenvalue weighted by Gasteiger charge is -2.07.